The van der Waals surface area contributed by atoms with Gasteiger partial charge in [0.2, 0.25) is 5.89 Å². The maximum Gasteiger partial charge on any atom is 0.306 e. The van der Waals surface area contributed by atoms with Crippen LogP contribution >= 0.6 is 11.8 Å². The molecule has 1 aromatic heterocycles. The van der Waals surface area contributed by atoms with Crippen molar-refractivity contribution in [1.82, 2.24) is 10.2 Å². The van der Waals surface area contributed by atoms with E-state index in [0.29, 0.717) is 23.1 Å². The first-order valence-corrected chi connectivity index (χ1v) is 7.45. The molecule has 0 fully saturated rings. The number of non-ortho nitro benzene ring substituents is 1. The number of carbonyl (C=O) groups excluding carboxylic acids is 1. The summed E-state index contributed by atoms with van der Waals surface area (Å²) in [5.41, 5.74) is 0.422. The van der Waals surface area contributed by atoms with Crippen LogP contribution in [0.5, 0.6) is 0 Å². The molecule has 0 aliphatic rings. The summed E-state index contributed by atoms with van der Waals surface area (Å²) in [7, 11) is 0. The van der Waals surface area contributed by atoms with Gasteiger partial charge in [-0.25, -0.2) is 0 Å². The number of carbonyl (C=O) groups is 1. The fourth-order valence-corrected chi connectivity index (χ4v) is 2.27. The number of esters is 1. The van der Waals surface area contributed by atoms with Crippen LogP contribution in [0.1, 0.15) is 13.3 Å². The number of ether oxygens (including phenoxy) is 1. The van der Waals surface area contributed by atoms with Gasteiger partial charge in [0.15, 0.2) is 0 Å². The number of thioether (sulfide) groups is 1. The lowest BCUT2D eigenvalue weighted by Gasteiger charge is -1.99. The number of hydrogen-bond donors (Lipinski definition) is 0. The Hall–Kier alpha value is -2.42. The van der Waals surface area contributed by atoms with E-state index in [2.05, 4.69) is 10.2 Å². The molecule has 0 aliphatic heterocycles. The van der Waals surface area contributed by atoms with E-state index in [9.17, 15) is 14.9 Å². The first-order chi connectivity index (χ1) is 10.6. The van der Waals surface area contributed by atoms with E-state index in [1.54, 1.807) is 19.1 Å². The average Bonchev–Trinajstić information content (AvgIpc) is 2.96. The van der Waals surface area contributed by atoms with E-state index in [1.165, 1.54) is 23.9 Å². The molecular formula is C13H13N3O5S. The smallest absolute Gasteiger partial charge is 0.306 e. The summed E-state index contributed by atoms with van der Waals surface area (Å²) in [6.07, 6.45) is 0.243. The van der Waals surface area contributed by atoms with Gasteiger partial charge in [0.25, 0.3) is 10.9 Å². The second-order valence-corrected chi connectivity index (χ2v) is 5.13. The number of benzene rings is 1. The van der Waals surface area contributed by atoms with E-state index in [-0.39, 0.29) is 24.0 Å². The summed E-state index contributed by atoms with van der Waals surface area (Å²) in [6, 6.07) is 5.94. The number of nitro benzene ring substituents is 1. The molecule has 0 amide bonds. The van der Waals surface area contributed by atoms with Gasteiger partial charge in [0, 0.05) is 23.4 Å². The molecule has 1 heterocycles. The van der Waals surface area contributed by atoms with Crippen LogP contribution in [0.4, 0.5) is 5.69 Å². The zero-order valence-electron chi connectivity index (χ0n) is 11.7. The van der Waals surface area contributed by atoms with E-state index in [4.69, 9.17) is 9.15 Å². The third-order valence-corrected chi connectivity index (χ3v) is 3.37. The van der Waals surface area contributed by atoms with Crippen LogP contribution in [0, 0.1) is 10.1 Å². The van der Waals surface area contributed by atoms with Crippen molar-refractivity contribution in [3.05, 3.63) is 34.4 Å². The summed E-state index contributed by atoms with van der Waals surface area (Å²) in [5, 5.41) is 18.7. The van der Waals surface area contributed by atoms with Crippen molar-refractivity contribution in [3.8, 4) is 11.5 Å². The van der Waals surface area contributed by atoms with Crippen LogP contribution < -0.4 is 0 Å². The van der Waals surface area contributed by atoms with Crippen LogP contribution in [0.2, 0.25) is 0 Å². The normalized spacial score (nSPS) is 10.4. The summed E-state index contributed by atoms with van der Waals surface area (Å²) in [4.78, 5) is 21.4. The molecule has 0 bridgehead atoms. The number of rotatable bonds is 7. The van der Waals surface area contributed by atoms with E-state index in [1.807, 2.05) is 0 Å². The molecule has 0 N–H and O–H groups in total. The minimum Gasteiger partial charge on any atom is -0.466 e. The van der Waals surface area contributed by atoms with Crippen LogP contribution in [-0.2, 0) is 9.53 Å². The van der Waals surface area contributed by atoms with Gasteiger partial charge < -0.3 is 9.15 Å². The monoisotopic (exact) mass is 323 g/mol. The highest BCUT2D eigenvalue weighted by molar-refractivity contribution is 7.99. The molecule has 0 radical (unpaired) electrons. The molecule has 0 atom stereocenters. The van der Waals surface area contributed by atoms with Gasteiger partial charge >= 0.3 is 5.97 Å². The first-order valence-electron chi connectivity index (χ1n) is 6.47. The van der Waals surface area contributed by atoms with Crippen molar-refractivity contribution in [2.75, 3.05) is 12.4 Å². The van der Waals surface area contributed by atoms with E-state index < -0.39 is 4.92 Å². The number of hydrogen-bond acceptors (Lipinski definition) is 8. The van der Waals surface area contributed by atoms with Gasteiger partial charge in [0.05, 0.1) is 18.0 Å². The molecule has 2 rings (SSSR count). The highest BCUT2D eigenvalue weighted by Gasteiger charge is 2.13. The van der Waals surface area contributed by atoms with Crippen LogP contribution in [-0.4, -0.2) is 33.4 Å². The number of aromatic nitrogens is 2. The zero-order chi connectivity index (χ0) is 15.9. The van der Waals surface area contributed by atoms with Crippen LogP contribution in [0.25, 0.3) is 11.5 Å². The molecule has 22 heavy (non-hydrogen) atoms. The van der Waals surface area contributed by atoms with Crippen molar-refractivity contribution in [2.24, 2.45) is 0 Å². The Balaban J connectivity index is 1.98. The van der Waals surface area contributed by atoms with Gasteiger partial charge in [-0.1, -0.05) is 17.8 Å². The predicted octanol–water partition coefficient (Wildman–Crippen LogP) is 2.69. The highest BCUT2D eigenvalue weighted by Crippen LogP contribution is 2.26. The van der Waals surface area contributed by atoms with Gasteiger partial charge in [-0.3, -0.25) is 14.9 Å². The summed E-state index contributed by atoms with van der Waals surface area (Å²) in [5.74, 6) is 0.367. The van der Waals surface area contributed by atoms with Crippen molar-refractivity contribution in [1.29, 1.82) is 0 Å². The molecule has 1 aromatic carbocycles. The van der Waals surface area contributed by atoms with Gasteiger partial charge in [-0.05, 0) is 13.0 Å². The molecule has 0 spiro atoms. The molecule has 0 unspecified atom stereocenters. The topological polar surface area (TPSA) is 108 Å². The Kier molecular flexibility index (Phi) is 5.48. The van der Waals surface area contributed by atoms with Crippen molar-refractivity contribution >= 4 is 23.4 Å². The Bertz CT molecular complexity index is 673. The molecule has 116 valence electrons. The lowest BCUT2D eigenvalue weighted by Crippen LogP contribution is -2.04. The minimum atomic E-state index is -0.491. The molecule has 8 nitrogen and oxygen atoms in total. The van der Waals surface area contributed by atoms with Gasteiger partial charge in [-0.2, -0.15) is 0 Å². The molecule has 9 heteroatoms. The molecule has 0 saturated carbocycles. The van der Waals surface area contributed by atoms with Crippen molar-refractivity contribution in [3.63, 3.8) is 0 Å². The minimum absolute atomic E-state index is 0.0489. The second-order valence-electron chi connectivity index (χ2n) is 4.08. The lowest BCUT2D eigenvalue weighted by molar-refractivity contribution is -0.384. The maximum absolute atomic E-state index is 11.2. The SMILES string of the molecule is CCOC(=O)CCSc1nnc(-c2cccc([N+](=O)[O-])c2)o1. The molecule has 0 saturated heterocycles. The van der Waals surface area contributed by atoms with Crippen LogP contribution in [0.3, 0.4) is 0 Å². The molecular weight excluding hydrogens is 310 g/mol. The Labute approximate surface area is 130 Å². The van der Waals surface area contributed by atoms with E-state index >= 15 is 0 Å². The number of nitrogens with zero attached hydrogens (tertiary/aromatic N) is 3. The summed E-state index contributed by atoms with van der Waals surface area (Å²) < 4.78 is 10.2. The quantitative estimate of drug-likeness (QED) is 0.331. The fraction of sp³-hybridized carbons (Fsp3) is 0.308. The average molecular weight is 323 g/mol. The Morgan fingerprint density at radius 2 is 2.27 bits per heavy atom. The summed E-state index contributed by atoms with van der Waals surface area (Å²) >= 11 is 1.23. The highest BCUT2D eigenvalue weighted by atomic mass is 32.2. The molecule has 0 aliphatic carbocycles. The third-order valence-electron chi connectivity index (χ3n) is 2.55. The zero-order valence-corrected chi connectivity index (χ0v) is 12.5. The predicted molar refractivity (Wildman–Crippen MR) is 78.4 cm³/mol. The Morgan fingerprint density at radius 1 is 1.45 bits per heavy atom. The standard InChI is InChI=1S/C13H13N3O5S/c1-2-20-11(17)6-7-22-13-15-14-12(21-13)9-4-3-5-10(8-9)16(18)19/h3-5,8H,2,6-7H2,1H3. The largest absolute Gasteiger partial charge is 0.466 e. The number of nitro groups is 1. The maximum atomic E-state index is 11.2. The summed E-state index contributed by atoms with van der Waals surface area (Å²) in [6.45, 7) is 2.09. The van der Waals surface area contributed by atoms with Crippen LogP contribution in [0.15, 0.2) is 33.9 Å². The van der Waals surface area contributed by atoms with E-state index in [0.717, 1.165) is 0 Å². The second kappa shape index (κ2) is 7.55. The lowest BCUT2D eigenvalue weighted by atomic mass is 10.2. The molecule has 2 aromatic rings. The Morgan fingerprint density at radius 3 is 3.00 bits per heavy atom. The first kappa shape index (κ1) is 16.0. The third kappa shape index (κ3) is 4.29. The van der Waals surface area contributed by atoms with Gasteiger partial charge in [0.1, 0.15) is 0 Å². The fourth-order valence-electron chi connectivity index (χ4n) is 1.59. The van der Waals surface area contributed by atoms with Gasteiger partial charge in [-0.15, -0.1) is 10.2 Å². The van der Waals surface area contributed by atoms with Crippen molar-refractivity contribution < 1.29 is 18.9 Å². The van der Waals surface area contributed by atoms with Crippen molar-refractivity contribution in [2.45, 2.75) is 18.6 Å².